The molecule has 0 saturated carbocycles. The highest BCUT2D eigenvalue weighted by Crippen LogP contribution is 2.44. The van der Waals surface area contributed by atoms with Crippen molar-refractivity contribution in [2.45, 2.75) is 26.0 Å². The molecule has 0 radical (unpaired) electrons. The van der Waals surface area contributed by atoms with Crippen LogP contribution in [0.25, 0.3) is 5.76 Å². The molecule has 4 rings (SSSR count). The third-order valence-electron chi connectivity index (χ3n) is 5.78. The Morgan fingerprint density at radius 1 is 0.944 bits per heavy atom. The topological polar surface area (TPSA) is 85.3 Å². The summed E-state index contributed by atoms with van der Waals surface area (Å²) in [7, 11) is 2.88. The van der Waals surface area contributed by atoms with Crippen LogP contribution in [0.3, 0.4) is 0 Å². The molecule has 3 aromatic carbocycles. The molecular formula is C28H26ClNO6. The number of ether oxygens (including phenoxy) is 3. The standard InChI is InChI=1S/C28H26ClNO6/c1-16(2)36-19-12-10-18(11-13-19)30-25(17-8-6-5-7-9-17)24(27(32)28(30)33)26(31)20-14-21(29)23(35-4)15-22(20)34-3/h5-16,25,31H,1-4H3/b26-24+. The quantitative estimate of drug-likeness (QED) is 0.248. The van der Waals surface area contributed by atoms with Crippen molar-refractivity contribution in [3.63, 3.8) is 0 Å². The first kappa shape index (κ1) is 25.1. The first-order chi connectivity index (χ1) is 17.3. The molecule has 1 fully saturated rings. The average molecular weight is 508 g/mol. The van der Waals surface area contributed by atoms with Gasteiger partial charge in [0.05, 0.1) is 42.5 Å². The van der Waals surface area contributed by atoms with Gasteiger partial charge < -0.3 is 19.3 Å². The summed E-state index contributed by atoms with van der Waals surface area (Å²) in [6.45, 7) is 3.84. The van der Waals surface area contributed by atoms with Crippen molar-refractivity contribution in [3.8, 4) is 17.2 Å². The first-order valence-electron chi connectivity index (χ1n) is 11.3. The molecule has 1 aliphatic rings. The van der Waals surface area contributed by atoms with Crippen molar-refractivity contribution >= 4 is 34.7 Å². The summed E-state index contributed by atoms with van der Waals surface area (Å²) in [5.41, 5.74) is 1.23. The number of hydrogen-bond acceptors (Lipinski definition) is 6. The number of nitrogens with zero attached hydrogens (tertiary/aromatic N) is 1. The zero-order valence-corrected chi connectivity index (χ0v) is 21.1. The number of aliphatic hydroxyl groups excluding tert-OH is 1. The van der Waals surface area contributed by atoms with Gasteiger partial charge in [0.15, 0.2) is 0 Å². The summed E-state index contributed by atoms with van der Waals surface area (Å²) in [6.07, 6.45) is -0.0132. The summed E-state index contributed by atoms with van der Waals surface area (Å²) >= 11 is 6.31. The Labute approximate surface area is 214 Å². The van der Waals surface area contributed by atoms with E-state index in [-0.39, 0.29) is 28.0 Å². The molecule has 1 unspecified atom stereocenters. The van der Waals surface area contributed by atoms with E-state index in [2.05, 4.69) is 0 Å². The van der Waals surface area contributed by atoms with Gasteiger partial charge in [0.25, 0.3) is 11.7 Å². The Hall–Kier alpha value is -3.97. The van der Waals surface area contributed by atoms with E-state index in [9.17, 15) is 14.7 Å². The number of methoxy groups -OCH3 is 2. The summed E-state index contributed by atoms with van der Waals surface area (Å²) in [5.74, 6) is -0.764. The summed E-state index contributed by atoms with van der Waals surface area (Å²) < 4.78 is 16.4. The second kappa shape index (κ2) is 10.3. The molecule has 186 valence electrons. The van der Waals surface area contributed by atoms with Crippen molar-refractivity contribution < 1.29 is 28.9 Å². The number of amides is 1. The minimum atomic E-state index is -0.881. The predicted octanol–water partition coefficient (Wildman–Crippen LogP) is 5.77. The third-order valence-corrected chi connectivity index (χ3v) is 6.07. The van der Waals surface area contributed by atoms with Crippen LogP contribution >= 0.6 is 11.6 Å². The predicted molar refractivity (Wildman–Crippen MR) is 138 cm³/mol. The van der Waals surface area contributed by atoms with Crippen molar-refractivity contribution in [3.05, 3.63) is 88.5 Å². The maximum Gasteiger partial charge on any atom is 0.300 e. The fourth-order valence-corrected chi connectivity index (χ4v) is 4.44. The SMILES string of the molecule is COc1cc(OC)c(/C(O)=C2\C(=O)C(=O)N(c3ccc(OC(C)C)cc3)C2c2ccccc2)cc1Cl. The Morgan fingerprint density at radius 3 is 2.17 bits per heavy atom. The van der Waals surface area contributed by atoms with E-state index in [4.69, 9.17) is 25.8 Å². The fraction of sp³-hybridized carbons (Fsp3) is 0.214. The number of Topliss-reactive ketones (excluding diaryl/α,β-unsaturated/α-hetero) is 1. The second-order valence-electron chi connectivity index (χ2n) is 8.43. The van der Waals surface area contributed by atoms with Gasteiger partial charge in [-0.1, -0.05) is 41.9 Å². The Morgan fingerprint density at radius 2 is 1.58 bits per heavy atom. The van der Waals surface area contributed by atoms with Crippen molar-refractivity contribution in [1.82, 2.24) is 0 Å². The first-order valence-corrected chi connectivity index (χ1v) is 11.7. The van der Waals surface area contributed by atoms with Crippen LogP contribution in [-0.4, -0.2) is 37.1 Å². The number of carbonyl (C=O) groups is 2. The van der Waals surface area contributed by atoms with Crippen molar-refractivity contribution in [2.75, 3.05) is 19.1 Å². The molecule has 7 nitrogen and oxygen atoms in total. The molecular weight excluding hydrogens is 482 g/mol. The van der Waals surface area contributed by atoms with Gasteiger partial charge >= 0.3 is 0 Å². The third kappa shape index (κ3) is 4.62. The Balaban J connectivity index is 1.90. The zero-order chi connectivity index (χ0) is 26.0. The van der Waals surface area contributed by atoms with E-state index in [1.807, 2.05) is 19.9 Å². The Bertz CT molecular complexity index is 1320. The van der Waals surface area contributed by atoms with Crippen molar-refractivity contribution in [1.29, 1.82) is 0 Å². The fourth-order valence-electron chi connectivity index (χ4n) is 4.20. The number of aliphatic hydroxyl groups is 1. The number of hydrogen-bond donors (Lipinski definition) is 1. The summed E-state index contributed by atoms with van der Waals surface area (Å²) in [4.78, 5) is 28.1. The highest BCUT2D eigenvalue weighted by molar-refractivity contribution is 6.51. The lowest BCUT2D eigenvalue weighted by Gasteiger charge is -2.26. The minimum absolute atomic E-state index is 0.0132. The van der Waals surface area contributed by atoms with E-state index in [0.717, 1.165) is 0 Å². The van der Waals surface area contributed by atoms with Gasteiger partial charge in [-0.2, -0.15) is 0 Å². The van der Waals surface area contributed by atoms with Crippen LogP contribution in [0.5, 0.6) is 17.2 Å². The number of ketones is 1. The van der Waals surface area contributed by atoms with Gasteiger partial charge in [-0.15, -0.1) is 0 Å². The molecule has 0 aromatic heterocycles. The normalized spacial score (nSPS) is 16.9. The van der Waals surface area contributed by atoms with Crippen LogP contribution in [0.4, 0.5) is 5.69 Å². The van der Waals surface area contributed by atoms with Gasteiger partial charge in [0, 0.05) is 11.8 Å². The number of rotatable bonds is 7. The molecule has 0 bridgehead atoms. The molecule has 1 saturated heterocycles. The highest BCUT2D eigenvalue weighted by atomic mass is 35.5. The number of carbonyl (C=O) groups excluding carboxylic acids is 2. The van der Waals surface area contributed by atoms with Gasteiger partial charge in [-0.25, -0.2) is 0 Å². The summed E-state index contributed by atoms with van der Waals surface area (Å²) in [6, 6.07) is 18.0. The number of anilines is 1. The second-order valence-corrected chi connectivity index (χ2v) is 8.83. The Kier molecular flexibility index (Phi) is 7.22. The van der Waals surface area contributed by atoms with Gasteiger partial charge in [-0.3, -0.25) is 14.5 Å². The summed E-state index contributed by atoms with van der Waals surface area (Å²) in [5, 5.41) is 11.6. The molecule has 3 aromatic rings. The van der Waals surface area contributed by atoms with E-state index in [1.165, 1.54) is 31.3 Å². The van der Waals surface area contributed by atoms with E-state index < -0.39 is 23.5 Å². The highest BCUT2D eigenvalue weighted by Gasteiger charge is 2.47. The van der Waals surface area contributed by atoms with Gasteiger partial charge in [-0.05, 0) is 49.7 Å². The lowest BCUT2D eigenvalue weighted by Crippen LogP contribution is -2.29. The average Bonchev–Trinajstić information content (AvgIpc) is 3.14. The maximum absolute atomic E-state index is 13.4. The monoisotopic (exact) mass is 507 g/mol. The van der Waals surface area contributed by atoms with Gasteiger partial charge in [0.1, 0.15) is 23.0 Å². The smallest absolute Gasteiger partial charge is 0.300 e. The maximum atomic E-state index is 13.4. The van der Waals surface area contributed by atoms with Crippen molar-refractivity contribution in [2.24, 2.45) is 0 Å². The lowest BCUT2D eigenvalue weighted by atomic mass is 9.94. The molecule has 0 spiro atoms. The van der Waals surface area contributed by atoms with E-state index >= 15 is 0 Å². The van der Waals surface area contributed by atoms with E-state index in [0.29, 0.717) is 22.7 Å². The van der Waals surface area contributed by atoms with Crippen LogP contribution in [0.1, 0.15) is 31.0 Å². The van der Waals surface area contributed by atoms with Crippen LogP contribution in [0, 0.1) is 0 Å². The molecule has 1 aliphatic heterocycles. The molecule has 8 heteroatoms. The largest absolute Gasteiger partial charge is 0.507 e. The molecule has 1 N–H and O–H groups in total. The van der Waals surface area contributed by atoms with Crippen LogP contribution in [0.2, 0.25) is 5.02 Å². The molecule has 1 heterocycles. The zero-order valence-electron chi connectivity index (χ0n) is 20.3. The molecule has 36 heavy (non-hydrogen) atoms. The number of benzene rings is 3. The van der Waals surface area contributed by atoms with Gasteiger partial charge in [0.2, 0.25) is 0 Å². The lowest BCUT2D eigenvalue weighted by molar-refractivity contribution is -0.132. The number of halogens is 1. The molecule has 1 atom stereocenters. The van der Waals surface area contributed by atoms with Crippen LogP contribution in [-0.2, 0) is 9.59 Å². The van der Waals surface area contributed by atoms with Crippen LogP contribution in [0.15, 0.2) is 72.3 Å². The van der Waals surface area contributed by atoms with Crippen LogP contribution < -0.4 is 19.1 Å². The van der Waals surface area contributed by atoms with E-state index in [1.54, 1.807) is 48.5 Å². The molecule has 1 amide bonds. The molecule has 0 aliphatic carbocycles. The minimum Gasteiger partial charge on any atom is -0.507 e.